The maximum absolute atomic E-state index is 12.1. The summed E-state index contributed by atoms with van der Waals surface area (Å²) in [6.07, 6.45) is 5.76. The summed E-state index contributed by atoms with van der Waals surface area (Å²) >= 11 is 6.03. The van der Waals surface area contributed by atoms with Crippen molar-refractivity contribution in [2.24, 2.45) is 0 Å². The second-order valence-electron chi connectivity index (χ2n) is 4.91. The first-order valence-corrected chi connectivity index (χ1v) is 7.15. The average molecular weight is 266 g/mol. The predicted molar refractivity (Wildman–Crippen MR) is 75.3 cm³/mol. The van der Waals surface area contributed by atoms with Gasteiger partial charge in [-0.2, -0.15) is 0 Å². The van der Waals surface area contributed by atoms with Crippen LogP contribution >= 0.6 is 11.6 Å². The number of benzene rings is 1. The van der Waals surface area contributed by atoms with E-state index in [9.17, 15) is 4.79 Å². The molecule has 3 heteroatoms. The lowest BCUT2D eigenvalue weighted by atomic mass is 10.1. The van der Waals surface area contributed by atoms with E-state index in [-0.39, 0.29) is 5.78 Å². The van der Waals surface area contributed by atoms with Crippen molar-refractivity contribution >= 4 is 17.4 Å². The highest BCUT2D eigenvalue weighted by molar-refractivity contribution is 6.33. The molecule has 0 aliphatic carbocycles. The molecule has 1 aromatic rings. The molecular weight excluding hydrogens is 246 g/mol. The quantitative estimate of drug-likeness (QED) is 0.772. The van der Waals surface area contributed by atoms with Crippen LogP contribution in [0.3, 0.4) is 0 Å². The molecule has 0 amide bonds. The molecule has 2 rings (SSSR count). The molecule has 0 spiro atoms. The summed E-state index contributed by atoms with van der Waals surface area (Å²) in [5.74, 6) is 0.157. The van der Waals surface area contributed by atoms with Gasteiger partial charge in [0.2, 0.25) is 0 Å². The highest BCUT2D eigenvalue weighted by Crippen LogP contribution is 2.17. The molecular formula is C15H20ClNO. The van der Waals surface area contributed by atoms with Gasteiger partial charge in [0.15, 0.2) is 5.78 Å². The number of hydrogen-bond donors (Lipinski definition) is 0. The molecule has 0 saturated carbocycles. The second kappa shape index (κ2) is 6.91. The minimum atomic E-state index is 0.157. The molecule has 18 heavy (non-hydrogen) atoms. The SMILES string of the molecule is O=C(CCN1CCCCCC1)c1ccccc1Cl. The van der Waals surface area contributed by atoms with E-state index in [1.807, 2.05) is 18.2 Å². The summed E-state index contributed by atoms with van der Waals surface area (Å²) < 4.78 is 0. The zero-order valence-corrected chi connectivity index (χ0v) is 11.5. The first kappa shape index (κ1) is 13.6. The van der Waals surface area contributed by atoms with E-state index in [1.165, 1.54) is 25.7 Å². The van der Waals surface area contributed by atoms with Gasteiger partial charge < -0.3 is 4.90 Å². The number of carbonyl (C=O) groups is 1. The van der Waals surface area contributed by atoms with E-state index in [1.54, 1.807) is 6.07 Å². The van der Waals surface area contributed by atoms with E-state index < -0.39 is 0 Å². The van der Waals surface area contributed by atoms with Crippen LogP contribution in [0.15, 0.2) is 24.3 Å². The topological polar surface area (TPSA) is 20.3 Å². The Morgan fingerprint density at radius 1 is 1.11 bits per heavy atom. The van der Waals surface area contributed by atoms with Gasteiger partial charge in [-0.3, -0.25) is 4.79 Å². The Hall–Kier alpha value is -0.860. The molecule has 0 N–H and O–H groups in total. The second-order valence-corrected chi connectivity index (χ2v) is 5.32. The zero-order chi connectivity index (χ0) is 12.8. The van der Waals surface area contributed by atoms with Gasteiger partial charge in [0, 0.05) is 18.5 Å². The molecule has 1 aliphatic heterocycles. The van der Waals surface area contributed by atoms with Gasteiger partial charge in [0.05, 0.1) is 5.02 Å². The van der Waals surface area contributed by atoms with Crippen molar-refractivity contribution in [2.45, 2.75) is 32.1 Å². The van der Waals surface area contributed by atoms with Crippen LogP contribution in [0.1, 0.15) is 42.5 Å². The molecule has 0 atom stereocenters. The number of halogens is 1. The molecule has 0 unspecified atom stereocenters. The number of likely N-dealkylation sites (tertiary alicyclic amines) is 1. The van der Waals surface area contributed by atoms with Crippen LogP contribution in [0.5, 0.6) is 0 Å². The molecule has 1 aliphatic rings. The smallest absolute Gasteiger partial charge is 0.165 e. The van der Waals surface area contributed by atoms with Crippen LogP contribution in [-0.2, 0) is 0 Å². The maximum Gasteiger partial charge on any atom is 0.165 e. The number of nitrogens with zero attached hydrogens (tertiary/aromatic N) is 1. The fourth-order valence-electron chi connectivity index (χ4n) is 2.44. The van der Waals surface area contributed by atoms with Crippen LogP contribution in [0.2, 0.25) is 5.02 Å². The largest absolute Gasteiger partial charge is 0.303 e. The molecule has 0 radical (unpaired) electrons. The molecule has 0 bridgehead atoms. The summed E-state index contributed by atoms with van der Waals surface area (Å²) in [6, 6.07) is 7.31. The fourth-order valence-corrected chi connectivity index (χ4v) is 2.68. The Kier molecular flexibility index (Phi) is 5.21. The summed E-state index contributed by atoms with van der Waals surface area (Å²) in [6.45, 7) is 3.13. The van der Waals surface area contributed by atoms with Crippen molar-refractivity contribution in [1.29, 1.82) is 0 Å². The van der Waals surface area contributed by atoms with E-state index in [0.717, 1.165) is 19.6 Å². The monoisotopic (exact) mass is 265 g/mol. The molecule has 2 nitrogen and oxygen atoms in total. The Morgan fingerprint density at radius 2 is 1.78 bits per heavy atom. The highest BCUT2D eigenvalue weighted by atomic mass is 35.5. The number of ketones is 1. The Balaban J connectivity index is 1.86. The van der Waals surface area contributed by atoms with Gasteiger partial charge in [-0.25, -0.2) is 0 Å². The maximum atomic E-state index is 12.1. The molecule has 0 aromatic heterocycles. The van der Waals surface area contributed by atoms with E-state index in [4.69, 9.17) is 11.6 Å². The lowest BCUT2D eigenvalue weighted by Gasteiger charge is -2.19. The van der Waals surface area contributed by atoms with E-state index >= 15 is 0 Å². The fraction of sp³-hybridized carbons (Fsp3) is 0.533. The van der Waals surface area contributed by atoms with Crippen molar-refractivity contribution in [3.8, 4) is 0 Å². The minimum Gasteiger partial charge on any atom is -0.303 e. The van der Waals surface area contributed by atoms with Gasteiger partial charge in [-0.15, -0.1) is 0 Å². The predicted octanol–water partition coefficient (Wildman–Crippen LogP) is 3.79. The third-order valence-corrected chi connectivity index (χ3v) is 3.86. The number of carbonyl (C=O) groups excluding carboxylic acids is 1. The summed E-state index contributed by atoms with van der Waals surface area (Å²) in [5.41, 5.74) is 0.661. The van der Waals surface area contributed by atoms with Crippen molar-refractivity contribution < 1.29 is 4.79 Å². The average Bonchev–Trinajstić information content (AvgIpc) is 2.65. The molecule has 98 valence electrons. The van der Waals surface area contributed by atoms with Gasteiger partial charge in [0.1, 0.15) is 0 Å². The molecule has 1 fully saturated rings. The van der Waals surface area contributed by atoms with Gasteiger partial charge in [-0.1, -0.05) is 36.6 Å². The third-order valence-electron chi connectivity index (χ3n) is 3.53. The first-order valence-electron chi connectivity index (χ1n) is 6.77. The lowest BCUT2D eigenvalue weighted by Crippen LogP contribution is -2.27. The van der Waals surface area contributed by atoms with Crippen molar-refractivity contribution in [3.63, 3.8) is 0 Å². The number of Topliss-reactive ketones (excluding diaryl/α,β-unsaturated/α-hetero) is 1. The Morgan fingerprint density at radius 3 is 2.44 bits per heavy atom. The van der Waals surface area contributed by atoms with Crippen LogP contribution in [0.25, 0.3) is 0 Å². The summed E-state index contributed by atoms with van der Waals surface area (Å²) in [7, 11) is 0. The van der Waals surface area contributed by atoms with Gasteiger partial charge in [-0.05, 0) is 38.1 Å². The third kappa shape index (κ3) is 3.82. The normalized spacial score (nSPS) is 17.4. The Bertz CT molecular complexity index is 397. The first-order chi connectivity index (χ1) is 8.77. The van der Waals surface area contributed by atoms with Crippen LogP contribution in [-0.4, -0.2) is 30.3 Å². The van der Waals surface area contributed by atoms with Crippen LogP contribution < -0.4 is 0 Å². The number of hydrogen-bond acceptors (Lipinski definition) is 2. The van der Waals surface area contributed by atoms with Crippen molar-refractivity contribution in [1.82, 2.24) is 4.90 Å². The van der Waals surface area contributed by atoms with E-state index in [0.29, 0.717) is 17.0 Å². The summed E-state index contributed by atoms with van der Waals surface area (Å²) in [5, 5.41) is 0.568. The zero-order valence-electron chi connectivity index (χ0n) is 10.7. The molecule has 1 heterocycles. The van der Waals surface area contributed by atoms with Crippen molar-refractivity contribution in [3.05, 3.63) is 34.9 Å². The minimum absolute atomic E-state index is 0.157. The van der Waals surface area contributed by atoms with Crippen LogP contribution in [0, 0.1) is 0 Å². The summed E-state index contributed by atoms with van der Waals surface area (Å²) in [4.78, 5) is 14.5. The number of rotatable bonds is 4. The van der Waals surface area contributed by atoms with Crippen molar-refractivity contribution in [2.75, 3.05) is 19.6 Å². The van der Waals surface area contributed by atoms with Gasteiger partial charge >= 0.3 is 0 Å². The lowest BCUT2D eigenvalue weighted by molar-refractivity contribution is 0.0965. The Labute approximate surface area is 114 Å². The van der Waals surface area contributed by atoms with Crippen LogP contribution in [0.4, 0.5) is 0 Å². The van der Waals surface area contributed by atoms with E-state index in [2.05, 4.69) is 4.90 Å². The van der Waals surface area contributed by atoms with Gasteiger partial charge in [0.25, 0.3) is 0 Å². The molecule has 1 aromatic carbocycles. The highest BCUT2D eigenvalue weighted by Gasteiger charge is 2.13. The standard InChI is InChI=1S/C15H20ClNO/c16-14-8-4-3-7-13(14)15(18)9-12-17-10-5-1-2-6-11-17/h3-4,7-8H,1-2,5-6,9-12H2. The molecule has 1 saturated heterocycles.